The summed E-state index contributed by atoms with van der Waals surface area (Å²) in [5.41, 5.74) is 5.39. The lowest BCUT2D eigenvalue weighted by atomic mass is 10.2. The standard InChI is InChI=1S/C16H27N3O4S2.ClH/c17-10-3-4-11-18-24(20,21)15-8-7-9-16(14-15)25(22,23)19-12-5-1-2-6-13-19;/h7-9,14,18H,1-6,10-13,17H2;1H. The van der Waals surface area contributed by atoms with Crippen LogP contribution in [0.5, 0.6) is 0 Å². The monoisotopic (exact) mass is 425 g/mol. The summed E-state index contributed by atoms with van der Waals surface area (Å²) in [5, 5.41) is 0. The van der Waals surface area contributed by atoms with Crippen molar-refractivity contribution in [3.8, 4) is 0 Å². The summed E-state index contributed by atoms with van der Waals surface area (Å²) in [5.74, 6) is 0. The van der Waals surface area contributed by atoms with Gasteiger partial charge in [-0.25, -0.2) is 21.6 Å². The third-order valence-electron chi connectivity index (χ3n) is 4.24. The molecule has 0 bridgehead atoms. The van der Waals surface area contributed by atoms with Crippen molar-refractivity contribution in [1.82, 2.24) is 9.03 Å². The Labute approximate surface area is 162 Å². The molecule has 1 aliphatic rings. The average molecular weight is 426 g/mol. The van der Waals surface area contributed by atoms with Gasteiger partial charge in [0.15, 0.2) is 0 Å². The molecule has 0 atom stereocenters. The number of nitrogens with zero attached hydrogens (tertiary/aromatic N) is 1. The summed E-state index contributed by atoms with van der Waals surface area (Å²) >= 11 is 0. The highest BCUT2D eigenvalue weighted by atomic mass is 35.5. The van der Waals surface area contributed by atoms with Gasteiger partial charge in [-0.3, -0.25) is 0 Å². The molecule has 1 aromatic rings. The lowest BCUT2D eigenvalue weighted by Crippen LogP contribution is -2.32. The molecule has 0 spiro atoms. The molecule has 0 amide bonds. The molecular weight excluding hydrogens is 398 g/mol. The van der Waals surface area contributed by atoms with E-state index in [1.54, 1.807) is 0 Å². The van der Waals surface area contributed by atoms with Crippen molar-refractivity contribution in [2.75, 3.05) is 26.2 Å². The van der Waals surface area contributed by atoms with E-state index in [-0.39, 0.29) is 28.7 Å². The molecule has 7 nitrogen and oxygen atoms in total. The zero-order valence-corrected chi connectivity index (χ0v) is 17.2. The van der Waals surface area contributed by atoms with Gasteiger partial charge in [-0.1, -0.05) is 18.9 Å². The molecule has 150 valence electrons. The molecule has 0 radical (unpaired) electrons. The Balaban J connectivity index is 0.00000338. The van der Waals surface area contributed by atoms with Crippen LogP contribution in [0, 0.1) is 0 Å². The highest BCUT2D eigenvalue weighted by molar-refractivity contribution is 7.90. The molecule has 0 unspecified atom stereocenters. The molecule has 1 aliphatic heterocycles. The molecule has 3 N–H and O–H groups in total. The first-order valence-corrected chi connectivity index (χ1v) is 11.6. The second-order valence-corrected chi connectivity index (χ2v) is 9.89. The quantitative estimate of drug-likeness (QED) is 0.616. The van der Waals surface area contributed by atoms with Gasteiger partial charge in [-0.15, -0.1) is 12.4 Å². The van der Waals surface area contributed by atoms with E-state index in [1.807, 2.05) is 0 Å². The van der Waals surface area contributed by atoms with Crippen molar-refractivity contribution >= 4 is 32.5 Å². The average Bonchev–Trinajstić information content (AvgIpc) is 2.89. The Morgan fingerprint density at radius 2 is 1.58 bits per heavy atom. The second kappa shape index (κ2) is 10.6. The van der Waals surface area contributed by atoms with Crippen molar-refractivity contribution in [3.05, 3.63) is 24.3 Å². The molecule has 26 heavy (non-hydrogen) atoms. The Bertz CT molecular complexity index is 761. The third kappa shape index (κ3) is 6.17. The lowest BCUT2D eigenvalue weighted by molar-refractivity contribution is 0.423. The highest BCUT2D eigenvalue weighted by Crippen LogP contribution is 2.22. The summed E-state index contributed by atoms with van der Waals surface area (Å²) in [6, 6.07) is 5.57. The maximum atomic E-state index is 12.8. The van der Waals surface area contributed by atoms with Gasteiger partial charge in [0.25, 0.3) is 0 Å². The fraction of sp³-hybridized carbons (Fsp3) is 0.625. The maximum absolute atomic E-state index is 12.8. The number of nitrogens with one attached hydrogen (secondary N) is 1. The molecule has 10 heteroatoms. The highest BCUT2D eigenvalue weighted by Gasteiger charge is 2.26. The molecule has 1 saturated heterocycles. The van der Waals surface area contributed by atoms with Crippen LogP contribution in [-0.4, -0.2) is 47.3 Å². The molecule has 0 aromatic heterocycles. The number of hydrogen-bond donors (Lipinski definition) is 2. The van der Waals surface area contributed by atoms with E-state index in [1.165, 1.54) is 28.6 Å². The molecule has 0 saturated carbocycles. The van der Waals surface area contributed by atoms with Crippen LogP contribution >= 0.6 is 12.4 Å². The summed E-state index contributed by atoms with van der Waals surface area (Å²) in [4.78, 5) is -0.00428. The van der Waals surface area contributed by atoms with Gasteiger partial charge in [-0.2, -0.15) is 4.31 Å². The zero-order valence-electron chi connectivity index (χ0n) is 14.8. The predicted molar refractivity (Wildman–Crippen MR) is 104 cm³/mol. The van der Waals surface area contributed by atoms with Gasteiger partial charge in [0.05, 0.1) is 9.79 Å². The van der Waals surface area contributed by atoms with Crippen LogP contribution in [0.15, 0.2) is 34.1 Å². The van der Waals surface area contributed by atoms with Gasteiger partial charge in [0, 0.05) is 19.6 Å². The fourth-order valence-electron chi connectivity index (χ4n) is 2.79. The Morgan fingerprint density at radius 3 is 2.19 bits per heavy atom. The van der Waals surface area contributed by atoms with Crippen molar-refractivity contribution in [3.63, 3.8) is 0 Å². The SMILES string of the molecule is Cl.NCCCCNS(=O)(=O)c1cccc(S(=O)(=O)N2CCCCCC2)c1. The predicted octanol–water partition coefficient (Wildman–Crippen LogP) is 1.69. The number of hydrogen-bond acceptors (Lipinski definition) is 5. The number of unbranched alkanes of at least 4 members (excludes halogenated alkanes) is 1. The van der Waals surface area contributed by atoms with Crippen LogP contribution in [0.4, 0.5) is 0 Å². The van der Waals surface area contributed by atoms with Crippen LogP contribution in [0.1, 0.15) is 38.5 Å². The van der Waals surface area contributed by atoms with Gasteiger partial charge < -0.3 is 5.73 Å². The molecule has 1 heterocycles. The summed E-state index contributed by atoms with van der Waals surface area (Å²) in [6.07, 6.45) is 5.08. The smallest absolute Gasteiger partial charge is 0.243 e. The molecule has 1 fully saturated rings. The third-order valence-corrected chi connectivity index (χ3v) is 7.59. The van der Waals surface area contributed by atoms with Crippen molar-refractivity contribution in [2.45, 2.75) is 48.3 Å². The Kier molecular flexibility index (Phi) is 9.49. The molecule has 2 rings (SSSR count). The summed E-state index contributed by atoms with van der Waals surface area (Å²) in [7, 11) is -7.41. The first kappa shape index (κ1) is 23.3. The van der Waals surface area contributed by atoms with Crippen molar-refractivity contribution < 1.29 is 16.8 Å². The van der Waals surface area contributed by atoms with Gasteiger partial charge in [0.1, 0.15) is 0 Å². The largest absolute Gasteiger partial charge is 0.330 e. The second-order valence-electron chi connectivity index (χ2n) is 6.19. The van der Waals surface area contributed by atoms with E-state index in [2.05, 4.69) is 4.72 Å². The Hall–Kier alpha value is -0.710. The Morgan fingerprint density at radius 1 is 0.962 bits per heavy atom. The fourth-order valence-corrected chi connectivity index (χ4v) is 5.55. The van der Waals surface area contributed by atoms with E-state index in [0.29, 0.717) is 26.1 Å². The van der Waals surface area contributed by atoms with Crippen LogP contribution in [-0.2, 0) is 20.0 Å². The molecular formula is C16H28ClN3O4S2. The van der Waals surface area contributed by atoms with E-state index in [9.17, 15) is 16.8 Å². The van der Waals surface area contributed by atoms with E-state index in [0.717, 1.165) is 32.1 Å². The normalized spacial score (nSPS) is 16.7. The van der Waals surface area contributed by atoms with E-state index < -0.39 is 20.0 Å². The van der Waals surface area contributed by atoms with Gasteiger partial charge in [-0.05, 0) is 50.4 Å². The van der Waals surface area contributed by atoms with Crippen molar-refractivity contribution in [2.24, 2.45) is 5.73 Å². The minimum absolute atomic E-state index is 0. The van der Waals surface area contributed by atoms with E-state index >= 15 is 0 Å². The molecule has 1 aromatic carbocycles. The van der Waals surface area contributed by atoms with Crippen LogP contribution in [0.25, 0.3) is 0 Å². The topological polar surface area (TPSA) is 110 Å². The number of sulfonamides is 2. The first-order valence-electron chi connectivity index (χ1n) is 8.68. The van der Waals surface area contributed by atoms with Gasteiger partial charge in [0.2, 0.25) is 20.0 Å². The van der Waals surface area contributed by atoms with Gasteiger partial charge >= 0.3 is 0 Å². The minimum atomic E-state index is -3.74. The number of nitrogens with two attached hydrogens (primary N) is 1. The van der Waals surface area contributed by atoms with Crippen LogP contribution in [0.2, 0.25) is 0 Å². The first-order chi connectivity index (χ1) is 11.9. The maximum Gasteiger partial charge on any atom is 0.243 e. The number of halogens is 1. The summed E-state index contributed by atoms with van der Waals surface area (Å²) in [6.45, 7) is 1.75. The number of benzene rings is 1. The minimum Gasteiger partial charge on any atom is -0.330 e. The van der Waals surface area contributed by atoms with Crippen LogP contribution < -0.4 is 10.5 Å². The zero-order chi connectivity index (χ0) is 18.3. The van der Waals surface area contributed by atoms with E-state index in [4.69, 9.17) is 5.73 Å². The van der Waals surface area contributed by atoms with Crippen LogP contribution in [0.3, 0.4) is 0 Å². The lowest BCUT2D eigenvalue weighted by Gasteiger charge is -2.20. The number of rotatable bonds is 8. The molecule has 0 aliphatic carbocycles. The summed E-state index contributed by atoms with van der Waals surface area (Å²) < 4.78 is 54.3. The van der Waals surface area contributed by atoms with Crippen molar-refractivity contribution in [1.29, 1.82) is 0 Å².